The smallest absolute Gasteiger partial charge is 0.307 e. The van der Waals surface area contributed by atoms with E-state index in [1.165, 1.54) is 16.4 Å². The van der Waals surface area contributed by atoms with E-state index in [9.17, 15) is 13.2 Å². The van der Waals surface area contributed by atoms with Crippen molar-refractivity contribution in [2.24, 2.45) is 0 Å². The Morgan fingerprint density at radius 3 is 2.46 bits per heavy atom. The summed E-state index contributed by atoms with van der Waals surface area (Å²) in [4.78, 5) is 13.2. The average molecular weight is 404 g/mol. The summed E-state index contributed by atoms with van der Waals surface area (Å²) < 4.78 is 33.1. The van der Waals surface area contributed by atoms with E-state index in [-0.39, 0.29) is 11.3 Å². The zero-order chi connectivity index (χ0) is 20.1. The Bertz CT molecular complexity index is 937. The molecular formula is C20H24N2O5S. The molecule has 8 heteroatoms. The lowest BCUT2D eigenvalue weighted by molar-refractivity contribution is -0.136. The van der Waals surface area contributed by atoms with Crippen molar-refractivity contribution >= 4 is 21.7 Å². The third-order valence-corrected chi connectivity index (χ3v) is 6.53. The monoisotopic (exact) mass is 404 g/mol. The van der Waals surface area contributed by atoms with Crippen LogP contribution in [-0.4, -0.2) is 56.6 Å². The molecule has 1 saturated heterocycles. The number of hydrogen-bond donors (Lipinski definition) is 1. The van der Waals surface area contributed by atoms with E-state index < -0.39 is 16.0 Å². The number of rotatable bonds is 7. The first-order chi connectivity index (χ1) is 13.4. The zero-order valence-electron chi connectivity index (χ0n) is 15.7. The highest BCUT2D eigenvalue weighted by Crippen LogP contribution is 2.29. The van der Waals surface area contributed by atoms with Crippen LogP contribution in [0, 0.1) is 0 Å². The van der Waals surface area contributed by atoms with Crippen molar-refractivity contribution in [3.05, 3.63) is 54.1 Å². The third kappa shape index (κ3) is 4.45. The number of anilines is 1. The largest absolute Gasteiger partial charge is 0.492 e. The van der Waals surface area contributed by atoms with Crippen LogP contribution >= 0.6 is 0 Å². The fourth-order valence-electron chi connectivity index (χ4n) is 3.30. The Morgan fingerprint density at radius 2 is 1.79 bits per heavy atom. The predicted molar refractivity (Wildman–Crippen MR) is 106 cm³/mol. The van der Waals surface area contributed by atoms with Gasteiger partial charge in [0.1, 0.15) is 5.75 Å². The van der Waals surface area contributed by atoms with E-state index in [1.54, 1.807) is 12.1 Å². The van der Waals surface area contributed by atoms with Crippen LogP contribution < -0.4 is 9.64 Å². The van der Waals surface area contributed by atoms with Gasteiger partial charge in [-0.3, -0.25) is 4.79 Å². The van der Waals surface area contributed by atoms with Crippen LogP contribution in [0.2, 0.25) is 0 Å². The maximum atomic E-state index is 13.0. The van der Waals surface area contributed by atoms with Crippen molar-refractivity contribution < 1.29 is 23.1 Å². The molecule has 28 heavy (non-hydrogen) atoms. The van der Waals surface area contributed by atoms with Gasteiger partial charge in [0.05, 0.1) is 23.6 Å². The lowest BCUT2D eigenvalue weighted by Crippen LogP contribution is -2.48. The highest BCUT2D eigenvalue weighted by Gasteiger charge is 2.29. The number of nitrogens with zero attached hydrogens (tertiary/aromatic N) is 2. The summed E-state index contributed by atoms with van der Waals surface area (Å²) in [5.74, 6) is -0.196. The minimum Gasteiger partial charge on any atom is -0.492 e. The second-order valence-corrected chi connectivity index (χ2v) is 8.45. The van der Waals surface area contributed by atoms with Crippen LogP contribution in [0.15, 0.2) is 53.4 Å². The number of piperazine rings is 1. The van der Waals surface area contributed by atoms with Crippen LogP contribution in [0.25, 0.3) is 0 Å². The zero-order valence-corrected chi connectivity index (χ0v) is 16.6. The molecule has 7 nitrogen and oxygen atoms in total. The molecule has 1 fully saturated rings. The summed E-state index contributed by atoms with van der Waals surface area (Å²) in [5, 5.41) is 8.93. The molecule has 0 atom stereocenters. The molecule has 0 aliphatic carbocycles. The molecule has 1 aliphatic heterocycles. The summed E-state index contributed by atoms with van der Waals surface area (Å²) in [6, 6.07) is 13.9. The predicted octanol–water partition coefficient (Wildman–Crippen LogP) is 2.22. The minimum atomic E-state index is -3.66. The van der Waals surface area contributed by atoms with Gasteiger partial charge >= 0.3 is 5.97 Å². The van der Waals surface area contributed by atoms with E-state index in [0.29, 0.717) is 38.3 Å². The molecule has 0 aromatic heterocycles. The summed E-state index contributed by atoms with van der Waals surface area (Å²) in [6.07, 6.45) is -0.203. The molecule has 150 valence electrons. The van der Waals surface area contributed by atoms with Crippen LogP contribution in [-0.2, 0) is 21.2 Å². The lowest BCUT2D eigenvalue weighted by Gasteiger charge is -2.36. The number of para-hydroxylation sites is 2. The summed E-state index contributed by atoms with van der Waals surface area (Å²) in [5.41, 5.74) is 1.43. The van der Waals surface area contributed by atoms with E-state index in [0.717, 1.165) is 11.4 Å². The van der Waals surface area contributed by atoms with Gasteiger partial charge < -0.3 is 14.7 Å². The highest BCUT2D eigenvalue weighted by molar-refractivity contribution is 7.89. The fourth-order valence-corrected chi connectivity index (χ4v) is 4.80. The Hall–Kier alpha value is -2.58. The second kappa shape index (κ2) is 8.62. The van der Waals surface area contributed by atoms with Crippen molar-refractivity contribution in [3.8, 4) is 5.75 Å². The van der Waals surface area contributed by atoms with Gasteiger partial charge in [-0.15, -0.1) is 0 Å². The Kier molecular flexibility index (Phi) is 6.21. The van der Waals surface area contributed by atoms with Gasteiger partial charge in [0, 0.05) is 26.2 Å². The second-order valence-electron chi connectivity index (χ2n) is 6.51. The van der Waals surface area contributed by atoms with Gasteiger partial charge in [0.2, 0.25) is 10.0 Å². The third-order valence-electron chi connectivity index (χ3n) is 4.64. The van der Waals surface area contributed by atoms with Gasteiger partial charge in [-0.1, -0.05) is 24.3 Å². The molecule has 0 spiro atoms. The summed E-state index contributed by atoms with van der Waals surface area (Å²) in [7, 11) is -3.66. The van der Waals surface area contributed by atoms with Gasteiger partial charge in [-0.05, 0) is 36.8 Å². The molecule has 0 amide bonds. The normalized spacial score (nSPS) is 15.4. The molecule has 0 bridgehead atoms. The van der Waals surface area contributed by atoms with Gasteiger partial charge in [0.15, 0.2) is 0 Å². The number of ether oxygens (including phenoxy) is 1. The summed E-state index contributed by atoms with van der Waals surface area (Å²) in [6.45, 7) is 4.31. The number of carbonyl (C=O) groups is 1. The molecule has 0 saturated carbocycles. The van der Waals surface area contributed by atoms with Gasteiger partial charge in [0.25, 0.3) is 0 Å². The Balaban J connectivity index is 1.73. The first-order valence-corrected chi connectivity index (χ1v) is 10.6. The van der Waals surface area contributed by atoms with Crippen molar-refractivity contribution in [2.75, 3.05) is 37.7 Å². The number of carboxylic acids is 1. The van der Waals surface area contributed by atoms with Crippen LogP contribution in [0.3, 0.4) is 0 Å². The molecule has 2 aromatic rings. The average Bonchev–Trinajstić information content (AvgIpc) is 2.68. The van der Waals surface area contributed by atoms with Crippen molar-refractivity contribution in [1.29, 1.82) is 0 Å². The molecular weight excluding hydrogens is 380 g/mol. The van der Waals surface area contributed by atoms with Crippen molar-refractivity contribution in [2.45, 2.75) is 18.2 Å². The highest BCUT2D eigenvalue weighted by atomic mass is 32.2. The van der Waals surface area contributed by atoms with E-state index in [2.05, 4.69) is 4.90 Å². The van der Waals surface area contributed by atoms with Crippen molar-refractivity contribution in [3.63, 3.8) is 0 Å². The van der Waals surface area contributed by atoms with Crippen LogP contribution in [0.5, 0.6) is 5.75 Å². The number of benzene rings is 2. The number of aliphatic carboxylic acids is 1. The van der Waals surface area contributed by atoms with E-state index in [1.807, 2.05) is 31.2 Å². The first-order valence-electron chi connectivity index (χ1n) is 9.19. The standard InChI is InChI=1S/C20H24N2O5S/c1-2-27-19-9-4-3-8-18(19)21-10-12-22(13-11-21)28(25,26)17-7-5-6-16(14-17)15-20(23)24/h3-9,14H,2,10-13,15H2,1H3,(H,23,24). The molecule has 3 rings (SSSR count). The maximum absolute atomic E-state index is 13.0. The molecule has 1 heterocycles. The number of carboxylic acid groups (broad SMARTS) is 1. The SMILES string of the molecule is CCOc1ccccc1N1CCN(S(=O)(=O)c2cccc(CC(=O)O)c2)CC1. The molecule has 0 unspecified atom stereocenters. The quantitative estimate of drug-likeness (QED) is 0.761. The van der Waals surface area contributed by atoms with Gasteiger partial charge in [-0.2, -0.15) is 4.31 Å². The topological polar surface area (TPSA) is 87.2 Å². The van der Waals surface area contributed by atoms with E-state index >= 15 is 0 Å². The molecule has 2 aromatic carbocycles. The fraction of sp³-hybridized carbons (Fsp3) is 0.350. The first kappa shape index (κ1) is 20.2. The van der Waals surface area contributed by atoms with Crippen LogP contribution in [0.1, 0.15) is 12.5 Å². The Morgan fingerprint density at radius 1 is 1.07 bits per heavy atom. The lowest BCUT2D eigenvalue weighted by atomic mass is 10.2. The molecule has 0 radical (unpaired) electrons. The molecule has 1 N–H and O–H groups in total. The summed E-state index contributed by atoms with van der Waals surface area (Å²) >= 11 is 0. The van der Waals surface area contributed by atoms with E-state index in [4.69, 9.17) is 9.84 Å². The van der Waals surface area contributed by atoms with Gasteiger partial charge in [-0.25, -0.2) is 8.42 Å². The minimum absolute atomic E-state index is 0.134. The molecule has 1 aliphatic rings. The maximum Gasteiger partial charge on any atom is 0.307 e. The van der Waals surface area contributed by atoms with Crippen LogP contribution in [0.4, 0.5) is 5.69 Å². The number of hydrogen-bond acceptors (Lipinski definition) is 5. The van der Waals surface area contributed by atoms with Crippen molar-refractivity contribution in [1.82, 2.24) is 4.31 Å². The number of sulfonamides is 1. The Labute approximate surface area is 165 Å².